The molecule has 0 spiro atoms. The second-order valence-electron chi connectivity index (χ2n) is 7.30. The SMILES string of the molecule is N#Cc1ccccc1S(=O)(=O)N1CCC(C(=O)NCc2ccc(F)cc2C(F)(F)F)CC1. The maximum absolute atomic E-state index is 13.2. The summed E-state index contributed by atoms with van der Waals surface area (Å²) in [7, 11) is -3.92. The highest BCUT2D eigenvalue weighted by atomic mass is 32.2. The largest absolute Gasteiger partial charge is 0.416 e. The summed E-state index contributed by atoms with van der Waals surface area (Å²) in [4.78, 5) is 12.3. The number of nitrogens with zero attached hydrogens (tertiary/aromatic N) is 2. The molecule has 1 aliphatic heterocycles. The Labute approximate surface area is 182 Å². The molecule has 1 aliphatic rings. The predicted molar refractivity (Wildman–Crippen MR) is 106 cm³/mol. The minimum Gasteiger partial charge on any atom is -0.352 e. The number of piperidine rings is 1. The van der Waals surface area contributed by atoms with E-state index in [-0.39, 0.29) is 42.0 Å². The van der Waals surface area contributed by atoms with Gasteiger partial charge in [-0.2, -0.15) is 22.7 Å². The fraction of sp³-hybridized carbons (Fsp3) is 0.333. The number of nitrogens with one attached hydrogen (secondary N) is 1. The smallest absolute Gasteiger partial charge is 0.352 e. The molecular weight excluding hydrogens is 450 g/mol. The van der Waals surface area contributed by atoms with Crippen molar-refractivity contribution in [3.05, 3.63) is 65.0 Å². The number of amides is 1. The van der Waals surface area contributed by atoms with E-state index in [0.29, 0.717) is 6.07 Å². The standard InChI is InChI=1S/C21H19F4N3O3S/c22-17-6-5-16(18(11-17)21(23,24)25)13-27-20(29)14-7-9-28(10-8-14)32(30,31)19-4-2-1-3-15(19)12-26/h1-6,11,14H,7-10,13H2,(H,27,29). The zero-order valence-electron chi connectivity index (χ0n) is 16.7. The summed E-state index contributed by atoms with van der Waals surface area (Å²) in [6.45, 7) is -0.364. The third-order valence-electron chi connectivity index (χ3n) is 5.28. The molecule has 0 radical (unpaired) electrons. The lowest BCUT2D eigenvalue weighted by Gasteiger charge is -2.30. The lowest BCUT2D eigenvalue weighted by molar-refractivity contribution is -0.138. The van der Waals surface area contributed by atoms with Crippen LogP contribution in [0.2, 0.25) is 0 Å². The van der Waals surface area contributed by atoms with Gasteiger partial charge in [0.2, 0.25) is 15.9 Å². The Hall–Kier alpha value is -2.97. The summed E-state index contributed by atoms with van der Waals surface area (Å²) < 4.78 is 79.4. The monoisotopic (exact) mass is 469 g/mol. The first-order chi connectivity index (χ1) is 15.0. The van der Waals surface area contributed by atoms with Gasteiger partial charge in [0, 0.05) is 25.6 Å². The first-order valence-corrected chi connectivity index (χ1v) is 11.1. The molecule has 2 aromatic carbocycles. The maximum Gasteiger partial charge on any atom is 0.416 e. The predicted octanol–water partition coefficient (Wildman–Crippen LogP) is 3.43. The van der Waals surface area contributed by atoms with Gasteiger partial charge in [0.1, 0.15) is 11.9 Å². The zero-order valence-corrected chi connectivity index (χ0v) is 17.5. The first-order valence-electron chi connectivity index (χ1n) is 9.66. The number of nitriles is 1. The number of hydrogen-bond acceptors (Lipinski definition) is 4. The number of sulfonamides is 1. The molecule has 1 N–H and O–H groups in total. The molecule has 1 amide bonds. The Bertz CT molecular complexity index is 1150. The van der Waals surface area contributed by atoms with E-state index in [1.165, 1.54) is 22.5 Å². The van der Waals surface area contributed by atoms with Crippen LogP contribution in [0, 0.1) is 23.1 Å². The highest BCUT2D eigenvalue weighted by Crippen LogP contribution is 2.32. The number of carbonyl (C=O) groups excluding carboxylic acids is 1. The molecule has 0 saturated carbocycles. The minimum absolute atomic E-state index is 0.0205. The molecule has 0 atom stereocenters. The molecule has 1 heterocycles. The number of carbonyl (C=O) groups is 1. The van der Waals surface area contributed by atoms with Crippen LogP contribution in [-0.4, -0.2) is 31.7 Å². The van der Waals surface area contributed by atoms with E-state index in [4.69, 9.17) is 5.26 Å². The molecular formula is C21H19F4N3O3S. The molecule has 1 saturated heterocycles. The van der Waals surface area contributed by atoms with Crippen molar-refractivity contribution in [2.24, 2.45) is 5.92 Å². The Morgan fingerprint density at radius 1 is 1.16 bits per heavy atom. The quantitative estimate of drug-likeness (QED) is 0.680. The molecule has 0 unspecified atom stereocenters. The van der Waals surface area contributed by atoms with Crippen molar-refractivity contribution in [3.8, 4) is 6.07 Å². The zero-order chi connectivity index (χ0) is 23.5. The fourth-order valence-corrected chi connectivity index (χ4v) is 5.19. The molecule has 1 fully saturated rings. The molecule has 0 aromatic heterocycles. The van der Waals surface area contributed by atoms with E-state index in [1.807, 2.05) is 6.07 Å². The summed E-state index contributed by atoms with van der Waals surface area (Å²) >= 11 is 0. The van der Waals surface area contributed by atoms with Gasteiger partial charge in [0.05, 0.1) is 16.0 Å². The highest BCUT2D eigenvalue weighted by Gasteiger charge is 2.35. The first kappa shape index (κ1) is 23.7. The molecule has 3 rings (SSSR count). The molecule has 11 heteroatoms. The van der Waals surface area contributed by atoms with Crippen LogP contribution < -0.4 is 5.32 Å². The van der Waals surface area contributed by atoms with Crippen LogP contribution in [0.15, 0.2) is 47.4 Å². The third kappa shape index (κ3) is 5.08. The second-order valence-corrected chi connectivity index (χ2v) is 9.21. The summed E-state index contributed by atoms with van der Waals surface area (Å²) in [6, 6.07) is 9.89. The van der Waals surface area contributed by atoms with Crippen LogP contribution in [0.1, 0.15) is 29.5 Å². The molecule has 0 bridgehead atoms. The van der Waals surface area contributed by atoms with Crippen LogP contribution in [-0.2, 0) is 27.5 Å². The molecule has 6 nitrogen and oxygen atoms in total. The van der Waals surface area contributed by atoms with E-state index < -0.39 is 46.0 Å². The van der Waals surface area contributed by atoms with Crippen LogP contribution in [0.25, 0.3) is 0 Å². The minimum atomic E-state index is -4.76. The summed E-state index contributed by atoms with van der Waals surface area (Å²) in [5.74, 6) is -2.11. The molecule has 32 heavy (non-hydrogen) atoms. The van der Waals surface area contributed by atoms with Gasteiger partial charge in [-0.15, -0.1) is 0 Å². The number of hydrogen-bond donors (Lipinski definition) is 1. The van der Waals surface area contributed by atoms with Crippen molar-refractivity contribution < 1.29 is 30.8 Å². The maximum atomic E-state index is 13.2. The van der Waals surface area contributed by atoms with Crippen molar-refractivity contribution in [1.29, 1.82) is 5.26 Å². The van der Waals surface area contributed by atoms with Crippen molar-refractivity contribution in [3.63, 3.8) is 0 Å². The lowest BCUT2D eigenvalue weighted by Crippen LogP contribution is -2.43. The third-order valence-corrected chi connectivity index (χ3v) is 7.24. The van der Waals surface area contributed by atoms with Gasteiger partial charge in [-0.05, 0) is 42.7 Å². The van der Waals surface area contributed by atoms with Crippen LogP contribution >= 0.6 is 0 Å². The van der Waals surface area contributed by atoms with Crippen molar-refractivity contribution >= 4 is 15.9 Å². The van der Waals surface area contributed by atoms with Crippen LogP contribution in [0.4, 0.5) is 17.6 Å². The van der Waals surface area contributed by atoms with Crippen molar-refractivity contribution in [1.82, 2.24) is 9.62 Å². The second kappa shape index (κ2) is 9.26. The van der Waals surface area contributed by atoms with Crippen molar-refractivity contribution in [2.45, 2.75) is 30.5 Å². The molecule has 170 valence electrons. The molecule has 2 aromatic rings. The number of halogens is 4. The van der Waals surface area contributed by atoms with Gasteiger partial charge in [0.25, 0.3) is 0 Å². The van der Waals surface area contributed by atoms with Crippen LogP contribution in [0.5, 0.6) is 0 Å². The van der Waals surface area contributed by atoms with Gasteiger partial charge in [-0.25, -0.2) is 12.8 Å². The van der Waals surface area contributed by atoms with E-state index in [9.17, 15) is 30.8 Å². The Kier molecular flexibility index (Phi) is 6.85. The fourth-order valence-electron chi connectivity index (χ4n) is 3.57. The van der Waals surface area contributed by atoms with Gasteiger partial charge < -0.3 is 5.32 Å². The van der Waals surface area contributed by atoms with E-state index in [1.54, 1.807) is 6.07 Å². The lowest BCUT2D eigenvalue weighted by atomic mass is 9.97. The van der Waals surface area contributed by atoms with E-state index in [2.05, 4.69) is 5.32 Å². The average molecular weight is 469 g/mol. The topological polar surface area (TPSA) is 90.3 Å². The Morgan fingerprint density at radius 3 is 2.44 bits per heavy atom. The Balaban J connectivity index is 1.63. The Morgan fingerprint density at radius 2 is 1.81 bits per heavy atom. The van der Waals surface area contributed by atoms with Gasteiger partial charge in [0.15, 0.2) is 0 Å². The van der Waals surface area contributed by atoms with Gasteiger partial charge >= 0.3 is 6.18 Å². The van der Waals surface area contributed by atoms with E-state index >= 15 is 0 Å². The molecule has 0 aliphatic carbocycles. The summed E-state index contributed by atoms with van der Waals surface area (Å²) in [5, 5.41) is 11.6. The average Bonchev–Trinajstić information content (AvgIpc) is 2.77. The van der Waals surface area contributed by atoms with Gasteiger partial charge in [-0.3, -0.25) is 4.79 Å². The van der Waals surface area contributed by atoms with Crippen LogP contribution in [0.3, 0.4) is 0 Å². The van der Waals surface area contributed by atoms with Crippen molar-refractivity contribution in [2.75, 3.05) is 13.1 Å². The normalized spacial score (nSPS) is 15.8. The summed E-state index contributed by atoms with van der Waals surface area (Å²) in [5.41, 5.74) is -1.40. The number of alkyl halides is 3. The van der Waals surface area contributed by atoms with Gasteiger partial charge in [-0.1, -0.05) is 18.2 Å². The number of rotatable bonds is 5. The number of benzene rings is 2. The summed E-state index contributed by atoms with van der Waals surface area (Å²) in [6.07, 6.45) is -4.41. The van der Waals surface area contributed by atoms with E-state index in [0.717, 1.165) is 12.1 Å². The highest BCUT2D eigenvalue weighted by molar-refractivity contribution is 7.89.